The van der Waals surface area contributed by atoms with E-state index in [-0.39, 0.29) is 17.5 Å². The van der Waals surface area contributed by atoms with Crippen LogP contribution >= 0.6 is 0 Å². The number of benzene rings is 2. The molecular weight excluding hydrogens is 344 g/mol. The summed E-state index contributed by atoms with van der Waals surface area (Å²) in [4.78, 5) is 39.6. The van der Waals surface area contributed by atoms with E-state index in [1.165, 1.54) is 13.0 Å². The summed E-state index contributed by atoms with van der Waals surface area (Å²) in [6.45, 7) is 1.19. The molecule has 134 valence electrons. The van der Waals surface area contributed by atoms with Crippen LogP contribution in [0.4, 0.5) is 8.78 Å². The van der Waals surface area contributed by atoms with Crippen LogP contribution in [0.15, 0.2) is 52.1 Å². The Hall–Kier alpha value is -3.29. The molecule has 2 aromatic carbocycles. The average molecular weight is 359 g/mol. The third kappa shape index (κ3) is 3.26. The normalized spacial score (nSPS) is 12.1. The lowest BCUT2D eigenvalue weighted by atomic mass is 10.2. The van der Waals surface area contributed by atoms with Crippen molar-refractivity contribution in [3.05, 3.63) is 80.5 Å². The molecule has 3 aromatic rings. The van der Waals surface area contributed by atoms with Crippen LogP contribution in [0.3, 0.4) is 0 Å². The van der Waals surface area contributed by atoms with Gasteiger partial charge in [0.05, 0.1) is 10.9 Å². The molecule has 0 saturated carbocycles. The molecule has 0 saturated heterocycles. The molecule has 26 heavy (non-hydrogen) atoms. The van der Waals surface area contributed by atoms with Gasteiger partial charge in [-0.25, -0.2) is 18.1 Å². The number of hydrogen-bond donors (Lipinski definition) is 2. The third-order valence-corrected chi connectivity index (χ3v) is 4.07. The molecule has 0 radical (unpaired) electrons. The highest BCUT2D eigenvalue weighted by Crippen LogP contribution is 2.10. The highest BCUT2D eigenvalue weighted by Gasteiger charge is 2.20. The molecule has 1 aromatic heterocycles. The number of carbonyl (C=O) groups is 1. The fourth-order valence-corrected chi connectivity index (χ4v) is 2.64. The summed E-state index contributed by atoms with van der Waals surface area (Å²) >= 11 is 0. The number of aromatic nitrogens is 2. The number of amides is 1. The topological polar surface area (TPSA) is 84.0 Å². The van der Waals surface area contributed by atoms with Crippen molar-refractivity contribution in [2.45, 2.75) is 19.5 Å². The highest BCUT2D eigenvalue weighted by atomic mass is 19.1. The summed E-state index contributed by atoms with van der Waals surface area (Å²) in [5.74, 6) is -2.16. The molecule has 0 spiro atoms. The van der Waals surface area contributed by atoms with Crippen LogP contribution in [0.2, 0.25) is 0 Å². The van der Waals surface area contributed by atoms with E-state index in [9.17, 15) is 23.2 Å². The largest absolute Gasteiger partial charge is 0.350 e. The van der Waals surface area contributed by atoms with Crippen LogP contribution in [-0.2, 0) is 11.3 Å². The molecular formula is C18H15F2N3O3. The van der Waals surface area contributed by atoms with Gasteiger partial charge in [0.15, 0.2) is 0 Å². The number of halogens is 2. The summed E-state index contributed by atoms with van der Waals surface area (Å²) in [6.07, 6.45) is 0. The Morgan fingerprint density at radius 1 is 1.19 bits per heavy atom. The van der Waals surface area contributed by atoms with E-state index in [1.54, 1.807) is 24.3 Å². The Labute approximate surface area is 146 Å². The Kier molecular flexibility index (Phi) is 4.66. The van der Waals surface area contributed by atoms with Gasteiger partial charge in [-0.1, -0.05) is 18.2 Å². The molecule has 2 N–H and O–H groups in total. The van der Waals surface area contributed by atoms with Crippen LogP contribution < -0.4 is 16.6 Å². The highest BCUT2D eigenvalue weighted by molar-refractivity contribution is 5.81. The van der Waals surface area contributed by atoms with Gasteiger partial charge in [0.25, 0.3) is 5.56 Å². The van der Waals surface area contributed by atoms with E-state index in [0.717, 1.165) is 10.6 Å². The molecule has 0 aliphatic rings. The molecule has 0 unspecified atom stereocenters. The molecule has 1 atom stereocenters. The van der Waals surface area contributed by atoms with Crippen LogP contribution in [0.25, 0.3) is 10.9 Å². The van der Waals surface area contributed by atoms with Gasteiger partial charge in [-0.05, 0) is 25.1 Å². The SMILES string of the molecule is C[C@@H](C(=O)NCc1ccc(F)cc1F)n1c(=O)[nH]c2ccccc2c1=O. The number of para-hydroxylation sites is 1. The lowest BCUT2D eigenvalue weighted by Gasteiger charge is -2.15. The molecule has 1 heterocycles. The first-order valence-corrected chi connectivity index (χ1v) is 7.83. The quantitative estimate of drug-likeness (QED) is 0.746. The summed E-state index contributed by atoms with van der Waals surface area (Å²) < 4.78 is 27.3. The fourth-order valence-electron chi connectivity index (χ4n) is 2.64. The van der Waals surface area contributed by atoms with Gasteiger partial charge in [0.2, 0.25) is 5.91 Å². The van der Waals surface area contributed by atoms with Crippen molar-refractivity contribution in [2.24, 2.45) is 0 Å². The average Bonchev–Trinajstić information content (AvgIpc) is 2.60. The minimum absolute atomic E-state index is 0.0896. The van der Waals surface area contributed by atoms with E-state index >= 15 is 0 Å². The van der Waals surface area contributed by atoms with Crippen molar-refractivity contribution < 1.29 is 13.6 Å². The lowest BCUT2D eigenvalue weighted by molar-refractivity contribution is -0.124. The Morgan fingerprint density at radius 2 is 1.92 bits per heavy atom. The molecule has 0 bridgehead atoms. The van der Waals surface area contributed by atoms with Crippen molar-refractivity contribution >= 4 is 16.8 Å². The van der Waals surface area contributed by atoms with E-state index in [2.05, 4.69) is 10.3 Å². The summed E-state index contributed by atoms with van der Waals surface area (Å²) in [7, 11) is 0. The van der Waals surface area contributed by atoms with Crippen LogP contribution in [0.1, 0.15) is 18.5 Å². The monoisotopic (exact) mass is 359 g/mol. The Balaban J connectivity index is 1.86. The predicted octanol–water partition coefficient (Wildman–Crippen LogP) is 1.85. The van der Waals surface area contributed by atoms with E-state index in [1.807, 2.05) is 0 Å². The number of aromatic amines is 1. The van der Waals surface area contributed by atoms with Gasteiger partial charge in [-0.2, -0.15) is 0 Å². The summed E-state index contributed by atoms with van der Waals surface area (Å²) in [5, 5.41) is 2.72. The second kappa shape index (κ2) is 6.91. The first-order valence-electron chi connectivity index (χ1n) is 7.83. The number of carbonyl (C=O) groups excluding carboxylic acids is 1. The molecule has 6 nitrogen and oxygen atoms in total. The van der Waals surface area contributed by atoms with Gasteiger partial charge in [-0.15, -0.1) is 0 Å². The number of rotatable bonds is 4. The van der Waals surface area contributed by atoms with Crippen molar-refractivity contribution in [1.29, 1.82) is 0 Å². The maximum atomic E-state index is 13.6. The number of nitrogens with zero attached hydrogens (tertiary/aromatic N) is 1. The molecule has 0 fully saturated rings. The van der Waals surface area contributed by atoms with Gasteiger partial charge >= 0.3 is 5.69 Å². The standard InChI is InChI=1S/C18H15F2N3O3/c1-10(16(24)21-9-11-6-7-12(19)8-14(11)20)23-17(25)13-4-2-3-5-15(13)22-18(23)26/h2-8,10H,9H2,1H3,(H,21,24)(H,22,26)/t10-/m0/s1. The molecule has 1 amide bonds. The van der Waals surface area contributed by atoms with E-state index in [0.29, 0.717) is 11.6 Å². The number of hydrogen-bond acceptors (Lipinski definition) is 3. The maximum absolute atomic E-state index is 13.6. The van der Waals surface area contributed by atoms with E-state index in [4.69, 9.17) is 0 Å². The van der Waals surface area contributed by atoms with Gasteiger partial charge in [0, 0.05) is 18.2 Å². The fraction of sp³-hybridized carbons (Fsp3) is 0.167. The number of nitrogens with one attached hydrogen (secondary N) is 2. The van der Waals surface area contributed by atoms with Crippen LogP contribution in [0.5, 0.6) is 0 Å². The maximum Gasteiger partial charge on any atom is 0.329 e. The Bertz CT molecular complexity index is 1100. The molecule has 3 rings (SSSR count). The zero-order chi connectivity index (χ0) is 18.8. The van der Waals surface area contributed by atoms with Crippen molar-refractivity contribution in [1.82, 2.24) is 14.9 Å². The Morgan fingerprint density at radius 3 is 2.65 bits per heavy atom. The summed E-state index contributed by atoms with van der Waals surface area (Å²) in [5.41, 5.74) is -0.851. The van der Waals surface area contributed by atoms with Crippen LogP contribution in [0, 0.1) is 11.6 Å². The third-order valence-electron chi connectivity index (χ3n) is 4.07. The van der Waals surface area contributed by atoms with Crippen molar-refractivity contribution in [3.63, 3.8) is 0 Å². The first kappa shape index (κ1) is 17.5. The molecule has 0 aliphatic heterocycles. The number of H-pyrrole nitrogens is 1. The van der Waals surface area contributed by atoms with Crippen molar-refractivity contribution in [3.8, 4) is 0 Å². The lowest BCUT2D eigenvalue weighted by Crippen LogP contribution is -2.43. The predicted molar refractivity (Wildman–Crippen MR) is 91.7 cm³/mol. The zero-order valence-electron chi connectivity index (χ0n) is 13.8. The summed E-state index contributed by atoms with van der Waals surface area (Å²) in [6, 6.07) is 8.34. The molecule has 0 aliphatic carbocycles. The van der Waals surface area contributed by atoms with E-state index < -0.39 is 34.8 Å². The smallest absolute Gasteiger partial charge is 0.329 e. The minimum Gasteiger partial charge on any atom is -0.350 e. The number of fused-ring (bicyclic) bond motifs is 1. The van der Waals surface area contributed by atoms with Gasteiger partial charge in [-0.3, -0.25) is 9.59 Å². The minimum atomic E-state index is -1.11. The zero-order valence-corrected chi connectivity index (χ0v) is 13.8. The second-order valence-electron chi connectivity index (χ2n) is 5.78. The van der Waals surface area contributed by atoms with Crippen molar-refractivity contribution in [2.75, 3.05) is 0 Å². The van der Waals surface area contributed by atoms with Gasteiger partial charge < -0.3 is 10.3 Å². The van der Waals surface area contributed by atoms with Crippen LogP contribution in [-0.4, -0.2) is 15.5 Å². The van der Waals surface area contributed by atoms with Gasteiger partial charge in [0.1, 0.15) is 17.7 Å². The first-order chi connectivity index (χ1) is 12.4. The second-order valence-corrected chi connectivity index (χ2v) is 5.78. The molecule has 8 heteroatoms.